The third-order valence-corrected chi connectivity index (χ3v) is 4.04. The Morgan fingerprint density at radius 1 is 0.765 bits per heavy atom. The first-order valence-electron chi connectivity index (χ1n) is 4.64. The van der Waals surface area contributed by atoms with Crippen LogP contribution in [0.1, 0.15) is 0 Å². The molecule has 17 heavy (non-hydrogen) atoms. The van der Waals surface area contributed by atoms with Crippen LogP contribution in [0.4, 0.5) is 0 Å². The third kappa shape index (κ3) is 4.96. The Bertz CT molecular complexity index is 433. The molecule has 0 saturated carbocycles. The third-order valence-electron chi connectivity index (χ3n) is 1.92. The topological polar surface area (TPSA) is 0 Å². The molecule has 2 aromatic rings. The maximum atomic E-state index is 5.24. The van der Waals surface area contributed by atoms with Gasteiger partial charge in [0.05, 0.1) is 0 Å². The van der Waals surface area contributed by atoms with E-state index in [0.29, 0.717) is 0 Å². The van der Waals surface area contributed by atoms with E-state index in [1.165, 1.54) is 0 Å². The van der Waals surface area contributed by atoms with Crippen LogP contribution in [-0.2, 0) is 25.3 Å². The minimum absolute atomic E-state index is 0.876. The van der Waals surface area contributed by atoms with E-state index in [4.69, 9.17) is 25.3 Å². The smallest absolute Gasteiger partial charge is 0.00700 e. The molecular formula is C12H8BrS3Sb-2. The van der Waals surface area contributed by atoms with Gasteiger partial charge >= 0.3 is 33.4 Å². The molecule has 0 heterocycles. The summed E-state index contributed by atoms with van der Waals surface area (Å²) in [6, 6.07) is 15.8. The Morgan fingerprint density at radius 2 is 1.12 bits per heavy atom. The summed E-state index contributed by atoms with van der Waals surface area (Å²) in [4.78, 5) is 3.93. The standard InChI is InChI=1S/C12H10S3.BrH.Sb/c13-9-5-1-3-7-11(9)15-12-8-4-2-6-10(12)14;;/h1-8,13-14H;1H;/q;;+1/p-3. The van der Waals surface area contributed by atoms with Gasteiger partial charge in [-0.05, 0) is 21.9 Å². The van der Waals surface area contributed by atoms with Crippen LogP contribution in [0.3, 0.4) is 0 Å². The van der Waals surface area contributed by atoms with Crippen molar-refractivity contribution in [1.82, 2.24) is 0 Å². The molecular weight excluding hydrogens is 442 g/mol. The zero-order chi connectivity index (χ0) is 12.7. The quantitative estimate of drug-likeness (QED) is 0.500. The molecule has 0 nitrogen and oxygen atoms in total. The van der Waals surface area contributed by atoms with E-state index in [0.717, 1.165) is 19.6 Å². The zero-order valence-electron chi connectivity index (χ0n) is 8.67. The van der Waals surface area contributed by atoms with Crippen molar-refractivity contribution in [2.45, 2.75) is 19.6 Å². The van der Waals surface area contributed by atoms with Gasteiger partial charge in [0.15, 0.2) is 0 Å². The summed E-state index contributed by atoms with van der Waals surface area (Å²) in [5.41, 5.74) is 0. The van der Waals surface area contributed by atoms with Gasteiger partial charge in [0.2, 0.25) is 0 Å². The molecule has 0 N–H and O–H groups in total. The van der Waals surface area contributed by atoms with Crippen LogP contribution in [0, 0.1) is 0 Å². The molecule has 0 atom stereocenters. The number of benzene rings is 2. The number of hydrogen-bond donors (Lipinski definition) is 0. The summed E-state index contributed by atoms with van der Waals surface area (Å²) in [7, 11) is 0. The van der Waals surface area contributed by atoms with Crippen molar-refractivity contribution in [3.8, 4) is 0 Å². The van der Waals surface area contributed by atoms with Crippen LogP contribution in [0.25, 0.3) is 0 Å². The van der Waals surface area contributed by atoms with E-state index in [1.54, 1.807) is 32.5 Å². The SMILES string of the molecule is [Br][Sb].[S-]c1ccccc1Sc1ccccc1[S-]. The molecule has 2 rings (SSSR count). The zero-order valence-corrected chi connectivity index (χ0v) is 15.3. The summed E-state index contributed by atoms with van der Waals surface area (Å²) < 4.78 is 0. The van der Waals surface area contributed by atoms with Crippen LogP contribution in [0.15, 0.2) is 68.1 Å². The van der Waals surface area contributed by atoms with Crippen LogP contribution >= 0.6 is 24.4 Å². The average molecular weight is 450 g/mol. The van der Waals surface area contributed by atoms with Gasteiger partial charge in [-0.2, -0.15) is 9.79 Å². The van der Waals surface area contributed by atoms with Crippen LogP contribution < -0.4 is 0 Å². The predicted octanol–water partition coefficient (Wildman–Crippen LogP) is 4.11. The van der Waals surface area contributed by atoms with Crippen molar-refractivity contribution in [3.05, 3.63) is 48.5 Å². The molecule has 0 aliphatic carbocycles. The van der Waals surface area contributed by atoms with Crippen LogP contribution in [-0.4, -0.2) is 20.8 Å². The Hall–Kier alpha value is 0.528. The first-order chi connectivity index (χ1) is 8.27. The molecule has 0 saturated heterocycles. The molecule has 0 fully saturated rings. The Morgan fingerprint density at radius 3 is 1.47 bits per heavy atom. The monoisotopic (exact) mass is 448 g/mol. The molecule has 88 valence electrons. The van der Waals surface area contributed by atoms with E-state index in [1.807, 2.05) is 48.5 Å². The van der Waals surface area contributed by atoms with E-state index >= 15 is 0 Å². The van der Waals surface area contributed by atoms with Gasteiger partial charge in [-0.1, -0.05) is 48.2 Å². The fraction of sp³-hybridized carbons (Fsp3) is 0. The Balaban J connectivity index is 0.000000686. The second-order valence-electron chi connectivity index (χ2n) is 3.00. The summed E-state index contributed by atoms with van der Waals surface area (Å²) in [5.74, 6) is 0. The van der Waals surface area contributed by atoms with E-state index < -0.39 is 0 Å². The molecule has 0 unspecified atom stereocenters. The average Bonchev–Trinajstić information content (AvgIpc) is 2.37. The second-order valence-corrected chi connectivity index (χ2v) is 4.96. The number of rotatable bonds is 2. The van der Waals surface area contributed by atoms with E-state index in [9.17, 15) is 0 Å². The van der Waals surface area contributed by atoms with Crippen molar-refractivity contribution in [3.63, 3.8) is 0 Å². The summed E-state index contributed by atoms with van der Waals surface area (Å²) in [6.45, 7) is 0. The predicted molar refractivity (Wildman–Crippen MR) is 83.0 cm³/mol. The summed E-state index contributed by atoms with van der Waals surface area (Å²) in [6.07, 6.45) is 0. The largest absolute Gasteiger partial charge is 0.779 e. The molecule has 5 heteroatoms. The fourth-order valence-corrected chi connectivity index (χ4v) is 2.60. The maximum Gasteiger partial charge on any atom is -0.00700 e. The molecule has 0 spiro atoms. The number of hydrogen-bond acceptors (Lipinski definition) is 3. The summed E-state index contributed by atoms with van der Waals surface area (Å²) >= 11 is 16.7. The van der Waals surface area contributed by atoms with Gasteiger partial charge in [-0.15, -0.1) is 0 Å². The van der Waals surface area contributed by atoms with Gasteiger partial charge in [0, 0.05) is 0 Å². The molecule has 0 bridgehead atoms. The Kier molecular flexibility index (Phi) is 7.88. The molecule has 0 amide bonds. The van der Waals surface area contributed by atoms with E-state index in [2.05, 4.69) is 12.6 Å². The molecule has 2 radical (unpaired) electrons. The van der Waals surface area contributed by atoms with Gasteiger partial charge in [-0.25, -0.2) is 0 Å². The normalized spacial score (nSPS) is 9.29. The molecule has 0 aliphatic heterocycles. The minimum Gasteiger partial charge on any atom is -0.779 e. The number of halogens is 1. The van der Waals surface area contributed by atoms with Crippen LogP contribution in [0.5, 0.6) is 0 Å². The van der Waals surface area contributed by atoms with Gasteiger partial charge in [0.1, 0.15) is 0 Å². The van der Waals surface area contributed by atoms with E-state index in [-0.39, 0.29) is 0 Å². The summed E-state index contributed by atoms with van der Waals surface area (Å²) in [5, 5.41) is 0. The molecule has 2 aromatic carbocycles. The maximum absolute atomic E-state index is 5.24. The van der Waals surface area contributed by atoms with Crippen molar-refractivity contribution < 1.29 is 0 Å². The first-order valence-corrected chi connectivity index (χ1v) is 12.0. The second kappa shape index (κ2) is 8.60. The van der Waals surface area contributed by atoms with Crippen molar-refractivity contribution >= 4 is 70.4 Å². The first kappa shape index (κ1) is 15.6. The van der Waals surface area contributed by atoms with Crippen LogP contribution in [0.2, 0.25) is 0 Å². The van der Waals surface area contributed by atoms with Gasteiger partial charge < -0.3 is 25.3 Å². The molecule has 0 aromatic heterocycles. The van der Waals surface area contributed by atoms with Crippen molar-refractivity contribution in [1.29, 1.82) is 0 Å². The van der Waals surface area contributed by atoms with Gasteiger partial charge in [0.25, 0.3) is 0 Å². The molecule has 0 aliphatic rings. The van der Waals surface area contributed by atoms with Gasteiger partial charge in [-0.3, -0.25) is 0 Å². The minimum atomic E-state index is 0.876. The van der Waals surface area contributed by atoms with Crippen molar-refractivity contribution in [2.75, 3.05) is 0 Å². The Labute approximate surface area is 137 Å². The van der Waals surface area contributed by atoms with Crippen molar-refractivity contribution in [2.24, 2.45) is 0 Å². The fourth-order valence-electron chi connectivity index (χ4n) is 1.19.